The van der Waals surface area contributed by atoms with Crippen molar-refractivity contribution < 1.29 is 14.7 Å². The first-order valence-electron chi connectivity index (χ1n) is 7.75. The number of carbonyl (C=O) groups is 2. The number of nitrogens with zero attached hydrogens (tertiary/aromatic N) is 4. The first kappa shape index (κ1) is 16.0. The number of rotatable bonds is 3. The average Bonchev–Trinajstić information content (AvgIpc) is 2.99. The van der Waals surface area contributed by atoms with Crippen LogP contribution >= 0.6 is 0 Å². The number of hydrogen-bond acceptors (Lipinski definition) is 5. The summed E-state index contributed by atoms with van der Waals surface area (Å²) in [5, 5.41) is 13.1. The van der Waals surface area contributed by atoms with Crippen LogP contribution in [0.15, 0.2) is 12.5 Å². The number of fused-ring (bicyclic) bond motifs is 1. The maximum atomic E-state index is 12.3. The number of anilines is 1. The van der Waals surface area contributed by atoms with Crippen molar-refractivity contribution in [2.45, 2.75) is 18.9 Å². The predicted molar refractivity (Wildman–Crippen MR) is 88.1 cm³/mol. The van der Waals surface area contributed by atoms with Gasteiger partial charge in [0, 0.05) is 39.4 Å². The number of likely N-dealkylation sites (tertiary alicyclic amines) is 1. The molecule has 0 bridgehead atoms. The maximum absolute atomic E-state index is 12.3. The Labute approximate surface area is 138 Å². The van der Waals surface area contributed by atoms with Gasteiger partial charge < -0.3 is 25.2 Å². The number of carboxylic acid groups (broad SMARTS) is 1. The van der Waals surface area contributed by atoms with Crippen molar-refractivity contribution in [3.63, 3.8) is 0 Å². The summed E-state index contributed by atoms with van der Waals surface area (Å²) in [6.45, 7) is 0.934. The molecule has 9 nitrogen and oxygen atoms in total. The first-order chi connectivity index (χ1) is 11.5. The molecule has 2 aromatic heterocycles. The third-order valence-electron chi connectivity index (χ3n) is 4.14. The summed E-state index contributed by atoms with van der Waals surface area (Å²) in [5.74, 6) is 0.401. The fourth-order valence-corrected chi connectivity index (χ4v) is 2.94. The lowest BCUT2D eigenvalue weighted by Crippen LogP contribution is -2.44. The second kappa shape index (κ2) is 6.34. The van der Waals surface area contributed by atoms with E-state index in [4.69, 9.17) is 5.11 Å². The summed E-state index contributed by atoms with van der Waals surface area (Å²) in [6, 6.07) is -0.0508. The number of amides is 2. The molecule has 0 spiro atoms. The molecule has 1 unspecified atom stereocenters. The summed E-state index contributed by atoms with van der Waals surface area (Å²) >= 11 is 0. The highest BCUT2D eigenvalue weighted by Crippen LogP contribution is 2.26. The maximum Gasteiger partial charge on any atom is 0.407 e. The van der Waals surface area contributed by atoms with Crippen LogP contribution in [0.5, 0.6) is 0 Å². The van der Waals surface area contributed by atoms with Gasteiger partial charge in [-0.1, -0.05) is 0 Å². The predicted octanol–water partition coefficient (Wildman–Crippen LogP) is 1.21. The van der Waals surface area contributed by atoms with Gasteiger partial charge in [0.05, 0.1) is 10.9 Å². The highest BCUT2D eigenvalue weighted by molar-refractivity contribution is 6.09. The molecule has 9 heteroatoms. The smallest absolute Gasteiger partial charge is 0.407 e. The molecule has 0 radical (unpaired) electrons. The van der Waals surface area contributed by atoms with Gasteiger partial charge in [0.25, 0.3) is 5.91 Å². The molecule has 2 aromatic rings. The standard InChI is InChI=1S/C15H20N6O3/c1-20(2)14(22)10-6-16-12-11(10)13(18-8-17-12)19-9-4-3-5-21(7-9)15(23)24/h6,8-9H,3-5,7H2,1-2H3,(H,23,24)(H2,16,17,18,19). The van der Waals surface area contributed by atoms with Gasteiger partial charge in [-0.15, -0.1) is 0 Å². The van der Waals surface area contributed by atoms with Crippen LogP contribution in [0.3, 0.4) is 0 Å². The Morgan fingerprint density at radius 3 is 2.92 bits per heavy atom. The van der Waals surface area contributed by atoms with E-state index in [2.05, 4.69) is 20.3 Å². The Hall–Kier alpha value is -2.84. The Balaban J connectivity index is 1.90. The van der Waals surface area contributed by atoms with E-state index in [1.165, 1.54) is 16.1 Å². The molecule has 1 atom stereocenters. The average molecular weight is 332 g/mol. The number of nitrogens with one attached hydrogen (secondary N) is 2. The normalized spacial score (nSPS) is 17.8. The van der Waals surface area contributed by atoms with Crippen LogP contribution in [0.1, 0.15) is 23.2 Å². The molecule has 0 saturated carbocycles. The van der Waals surface area contributed by atoms with Gasteiger partial charge in [0.2, 0.25) is 0 Å². The Kier molecular flexibility index (Phi) is 4.24. The molecule has 3 N–H and O–H groups in total. The van der Waals surface area contributed by atoms with Crippen LogP contribution in [0, 0.1) is 0 Å². The van der Waals surface area contributed by atoms with Crippen LogP contribution in [0.25, 0.3) is 11.0 Å². The highest BCUT2D eigenvalue weighted by Gasteiger charge is 2.25. The van der Waals surface area contributed by atoms with Crippen LogP contribution in [0.2, 0.25) is 0 Å². The van der Waals surface area contributed by atoms with E-state index in [-0.39, 0.29) is 11.9 Å². The second-order valence-electron chi connectivity index (χ2n) is 6.06. The number of aromatic amines is 1. The first-order valence-corrected chi connectivity index (χ1v) is 7.75. The number of hydrogen-bond donors (Lipinski definition) is 3. The molecule has 1 saturated heterocycles. The minimum absolute atomic E-state index is 0.0508. The van der Waals surface area contributed by atoms with Gasteiger partial charge in [-0.3, -0.25) is 4.79 Å². The topological polar surface area (TPSA) is 114 Å². The lowest BCUT2D eigenvalue weighted by Gasteiger charge is -2.31. The molecular weight excluding hydrogens is 312 g/mol. The van der Waals surface area contributed by atoms with Gasteiger partial charge in [-0.2, -0.15) is 0 Å². The number of piperidine rings is 1. The SMILES string of the molecule is CN(C)C(=O)c1c[nH]c2ncnc(NC3CCCN(C(=O)O)C3)c12. The molecule has 0 aliphatic carbocycles. The zero-order valence-corrected chi connectivity index (χ0v) is 13.6. The van der Waals surface area contributed by atoms with Gasteiger partial charge in [0.15, 0.2) is 0 Å². The largest absolute Gasteiger partial charge is 0.465 e. The minimum Gasteiger partial charge on any atom is -0.465 e. The summed E-state index contributed by atoms with van der Waals surface area (Å²) in [5.41, 5.74) is 1.06. The highest BCUT2D eigenvalue weighted by atomic mass is 16.4. The quantitative estimate of drug-likeness (QED) is 0.778. The van der Waals surface area contributed by atoms with E-state index in [1.807, 2.05) is 0 Å². The van der Waals surface area contributed by atoms with Crippen LogP contribution < -0.4 is 5.32 Å². The molecule has 0 aromatic carbocycles. The summed E-state index contributed by atoms with van der Waals surface area (Å²) in [6.07, 6.45) is 3.76. The molecule has 3 heterocycles. The van der Waals surface area contributed by atoms with E-state index in [9.17, 15) is 9.59 Å². The molecule has 24 heavy (non-hydrogen) atoms. The van der Waals surface area contributed by atoms with Crippen molar-refractivity contribution in [2.24, 2.45) is 0 Å². The van der Waals surface area contributed by atoms with Crippen molar-refractivity contribution in [1.29, 1.82) is 0 Å². The van der Waals surface area contributed by atoms with Crippen molar-refractivity contribution in [2.75, 3.05) is 32.5 Å². The molecule has 128 valence electrons. The van der Waals surface area contributed by atoms with Crippen molar-refractivity contribution >= 4 is 28.9 Å². The number of H-pyrrole nitrogens is 1. The van der Waals surface area contributed by atoms with Crippen LogP contribution in [-0.4, -0.2) is 75.1 Å². The van der Waals surface area contributed by atoms with Gasteiger partial charge in [-0.05, 0) is 12.8 Å². The molecule has 3 rings (SSSR count). The van der Waals surface area contributed by atoms with E-state index >= 15 is 0 Å². The number of aromatic nitrogens is 3. The van der Waals surface area contributed by atoms with E-state index in [0.29, 0.717) is 35.5 Å². The molecular formula is C15H20N6O3. The Morgan fingerprint density at radius 2 is 2.21 bits per heavy atom. The van der Waals surface area contributed by atoms with E-state index in [1.54, 1.807) is 20.3 Å². The minimum atomic E-state index is -0.917. The monoisotopic (exact) mass is 332 g/mol. The van der Waals surface area contributed by atoms with E-state index < -0.39 is 6.09 Å². The van der Waals surface area contributed by atoms with Crippen molar-refractivity contribution in [3.05, 3.63) is 18.1 Å². The molecule has 2 amide bonds. The third kappa shape index (κ3) is 2.97. The zero-order chi connectivity index (χ0) is 17.3. The molecule has 1 fully saturated rings. The molecule has 1 aliphatic rings. The van der Waals surface area contributed by atoms with Crippen molar-refractivity contribution in [3.8, 4) is 0 Å². The third-order valence-corrected chi connectivity index (χ3v) is 4.14. The Morgan fingerprint density at radius 1 is 1.42 bits per heavy atom. The lowest BCUT2D eigenvalue weighted by atomic mass is 10.1. The molecule has 1 aliphatic heterocycles. The summed E-state index contributed by atoms with van der Waals surface area (Å²) in [7, 11) is 3.37. The van der Waals surface area contributed by atoms with E-state index in [0.717, 1.165) is 12.8 Å². The lowest BCUT2D eigenvalue weighted by molar-refractivity contribution is 0.0829. The van der Waals surface area contributed by atoms with Crippen LogP contribution in [-0.2, 0) is 0 Å². The van der Waals surface area contributed by atoms with Gasteiger partial charge >= 0.3 is 6.09 Å². The zero-order valence-electron chi connectivity index (χ0n) is 13.6. The van der Waals surface area contributed by atoms with Crippen molar-refractivity contribution in [1.82, 2.24) is 24.8 Å². The second-order valence-corrected chi connectivity index (χ2v) is 6.06. The van der Waals surface area contributed by atoms with Gasteiger partial charge in [-0.25, -0.2) is 14.8 Å². The van der Waals surface area contributed by atoms with Crippen LogP contribution in [0.4, 0.5) is 10.6 Å². The fraction of sp³-hybridized carbons (Fsp3) is 0.467. The Bertz CT molecular complexity index is 772. The summed E-state index contributed by atoms with van der Waals surface area (Å²) in [4.78, 5) is 37.8. The number of carbonyl (C=O) groups excluding carboxylic acids is 1. The van der Waals surface area contributed by atoms with Gasteiger partial charge in [0.1, 0.15) is 17.8 Å². The summed E-state index contributed by atoms with van der Waals surface area (Å²) < 4.78 is 0. The fourth-order valence-electron chi connectivity index (χ4n) is 2.94.